The van der Waals surface area contributed by atoms with E-state index in [1.54, 1.807) is 12.1 Å². The van der Waals surface area contributed by atoms with Crippen molar-refractivity contribution in [1.29, 1.82) is 0 Å². The van der Waals surface area contributed by atoms with Crippen molar-refractivity contribution < 1.29 is 14.7 Å². The van der Waals surface area contributed by atoms with Crippen LogP contribution in [-0.4, -0.2) is 36.2 Å². The van der Waals surface area contributed by atoms with Crippen molar-refractivity contribution in [2.75, 3.05) is 23.3 Å². The summed E-state index contributed by atoms with van der Waals surface area (Å²) < 4.78 is 0. The number of nitrogens with zero attached hydrogens (tertiary/aromatic N) is 2. The highest BCUT2D eigenvalue weighted by Crippen LogP contribution is 2.23. The summed E-state index contributed by atoms with van der Waals surface area (Å²) in [7, 11) is 0. The van der Waals surface area contributed by atoms with Crippen LogP contribution in [0.25, 0.3) is 0 Å². The normalized spacial score (nSPS) is 10.8. The molecule has 0 unspecified atom stereocenters. The minimum atomic E-state index is -0.374. The average Bonchev–Trinajstić information content (AvgIpc) is 2.71. The average molecular weight is 411 g/mol. The molecule has 2 aromatic carbocycles. The number of phenolic OH excluding ortho intramolecular Hbond substituents is 1. The molecule has 160 valence electrons. The maximum absolute atomic E-state index is 12.1. The van der Waals surface area contributed by atoms with Crippen LogP contribution in [0.1, 0.15) is 43.4 Å². The fourth-order valence-electron chi connectivity index (χ4n) is 2.97. The van der Waals surface area contributed by atoms with E-state index < -0.39 is 0 Å². The molecule has 2 aromatic rings. The third-order valence-corrected chi connectivity index (χ3v) is 4.78. The fraction of sp³-hybridized carbons (Fsp3) is 0.348. The number of amides is 2. The highest BCUT2D eigenvalue weighted by atomic mass is 16.3. The van der Waals surface area contributed by atoms with Crippen LogP contribution in [0.4, 0.5) is 11.4 Å². The summed E-state index contributed by atoms with van der Waals surface area (Å²) >= 11 is 0. The Morgan fingerprint density at radius 3 is 2.40 bits per heavy atom. The molecule has 0 aliphatic rings. The molecule has 0 atom stereocenters. The van der Waals surface area contributed by atoms with Crippen molar-refractivity contribution in [3.05, 3.63) is 53.1 Å². The van der Waals surface area contributed by atoms with Gasteiger partial charge in [0.15, 0.2) is 0 Å². The number of phenols is 1. The van der Waals surface area contributed by atoms with E-state index >= 15 is 0 Å². The molecule has 0 fully saturated rings. The molecule has 30 heavy (non-hydrogen) atoms. The number of nitrogens with one attached hydrogen (secondary N) is 2. The lowest BCUT2D eigenvalue weighted by Gasteiger charge is -2.21. The third kappa shape index (κ3) is 6.62. The maximum Gasteiger partial charge on any atom is 0.240 e. The zero-order valence-corrected chi connectivity index (χ0v) is 18.0. The van der Waals surface area contributed by atoms with Crippen LogP contribution in [0.2, 0.25) is 0 Å². The highest BCUT2D eigenvalue weighted by Gasteiger charge is 2.09. The van der Waals surface area contributed by atoms with Gasteiger partial charge in [0.05, 0.1) is 6.21 Å². The topological polar surface area (TPSA) is 94.0 Å². The second kappa shape index (κ2) is 11.0. The molecule has 0 saturated carbocycles. The number of carbonyl (C=O) groups excluding carboxylic acids is 2. The number of aryl methyl sites for hydroxylation is 2. The zero-order valence-electron chi connectivity index (χ0n) is 18.0. The van der Waals surface area contributed by atoms with E-state index in [1.165, 1.54) is 6.21 Å². The molecule has 0 radical (unpaired) electrons. The summed E-state index contributed by atoms with van der Waals surface area (Å²) in [6.07, 6.45) is 1.45. The Kier molecular flexibility index (Phi) is 8.41. The molecular formula is C23H30N4O3. The summed E-state index contributed by atoms with van der Waals surface area (Å²) in [6.45, 7) is 9.66. The molecule has 0 aliphatic heterocycles. The standard InChI is InChI=1S/C23H30N4O3/c1-5-27(6-2)19-10-9-18(21(28)14-19)15-24-26-23(30)12-11-22(29)25-20-13-16(3)7-8-17(20)4/h7-10,13-15,28H,5-6,11-12H2,1-4H3,(H,25,29)(H,26,30)/b24-15-. The van der Waals surface area contributed by atoms with E-state index in [0.717, 1.165) is 35.6 Å². The Hall–Kier alpha value is -3.35. The highest BCUT2D eigenvalue weighted by molar-refractivity contribution is 5.94. The number of benzene rings is 2. The van der Waals surface area contributed by atoms with E-state index in [-0.39, 0.29) is 30.4 Å². The Morgan fingerprint density at radius 1 is 1.03 bits per heavy atom. The Balaban J connectivity index is 1.83. The predicted octanol–water partition coefficient (Wildman–Crippen LogP) is 3.72. The van der Waals surface area contributed by atoms with Gasteiger partial charge in [-0.25, -0.2) is 5.43 Å². The first kappa shape index (κ1) is 22.9. The van der Waals surface area contributed by atoms with Crippen LogP contribution in [0.15, 0.2) is 41.5 Å². The minimum absolute atomic E-state index is 0.0148. The number of anilines is 2. The van der Waals surface area contributed by atoms with Gasteiger partial charge >= 0.3 is 0 Å². The first-order valence-corrected chi connectivity index (χ1v) is 10.1. The van der Waals surface area contributed by atoms with Crippen molar-refractivity contribution in [2.24, 2.45) is 5.10 Å². The lowest BCUT2D eigenvalue weighted by molar-refractivity contribution is -0.124. The number of hydrogen-bond donors (Lipinski definition) is 3. The lowest BCUT2D eigenvalue weighted by Crippen LogP contribution is -2.21. The summed E-state index contributed by atoms with van der Waals surface area (Å²) in [5.41, 5.74) is 6.58. The smallest absolute Gasteiger partial charge is 0.240 e. The Morgan fingerprint density at radius 2 is 1.73 bits per heavy atom. The molecule has 7 heteroatoms. The van der Waals surface area contributed by atoms with Crippen molar-refractivity contribution >= 4 is 29.4 Å². The van der Waals surface area contributed by atoms with Gasteiger partial charge in [0, 0.05) is 48.9 Å². The third-order valence-electron chi connectivity index (χ3n) is 4.78. The molecule has 0 bridgehead atoms. The fourth-order valence-corrected chi connectivity index (χ4v) is 2.97. The van der Waals surface area contributed by atoms with E-state index in [0.29, 0.717) is 5.56 Å². The van der Waals surface area contributed by atoms with E-state index in [1.807, 2.05) is 52.0 Å². The molecule has 0 aliphatic carbocycles. The Bertz CT molecular complexity index is 921. The lowest BCUT2D eigenvalue weighted by atomic mass is 10.1. The number of rotatable bonds is 9. The minimum Gasteiger partial charge on any atom is -0.507 e. The SMILES string of the molecule is CCN(CC)c1ccc(/C=N\NC(=O)CCC(=O)Nc2cc(C)ccc2C)c(O)c1. The number of hydrazone groups is 1. The molecule has 0 heterocycles. The summed E-state index contributed by atoms with van der Waals surface area (Å²) in [5.74, 6) is -0.514. The van der Waals surface area contributed by atoms with Crippen molar-refractivity contribution in [1.82, 2.24) is 5.43 Å². The van der Waals surface area contributed by atoms with Gasteiger partial charge in [0.1, 0.15) is 5.75 Å². The summed E-state index contributed by atoms with van der Waals surface area (Å²) in [6, 6.07) is 11.1. The van der Waals surface area contributed by atoms with E-state index in [4.69, 9.17) is 0 Å². The molecular weight excluding hydrogens is 380 g/mol. The van der Waals surface area contributed by atoms with Gasteiger partial charge in [-0.05, 0) is 57.0 Å². The monoisotopic (exact) mass is 410 g/mol. The molecule has 2 amide bonds. The van der Waals surface area contributed by atoms with Gasteiger partial charge in [-0.1, -0.05) is 12.1 Å². The zero-order chi connectivity index (χ0) is 22.1. The maximum atomic E-state index is 12.1. The van der Waals surface area contributed by atoms with Gasteiger partial charge in [-0.3, -0.25) is 9.59 Å². The first-order chi connectivity index (χ1) is 14.3. The molecule has 0 saturated heterocycles. The number of hydrogen-bond acceptors (Lipinski definition) is 5. The van der Waals surface area contributed by atoms with Gasteiger partial charge in [-0.15, -0.1) is 0 Å². The van der Waals surface area contributed by atoms with Gasteiger partial charge in [-0.2, -0.15) is 5.10 Å². The molecule has 3 N–H and O–H groups in total. The second-order valence-electron chi connectivity index (χ2n) is 7.08. The predicted molar refractivity (Wildman–Crippen MR) is 121 cm³/mol. The first-order valence-electron chi connectivity index (χ1n) is 10.1. The number of carbonyl (C=O) groups is 2. The van der Waals surface area contributed by atoms with Gasteiger partial charge in [0.25, 0.3) is 0 Å². The van der Waals surface area contributed by atoms with Crippen LogP contribution in [0.5, 0.6) is 5.75 Å². The van der Waals surface area contributed by atoms with Crippen molar-refractivity contribution in [3.8, 4) is 5.75 Å². The molecule has 7 nitrogen and oxygen atoms in total. The molecule has 0 aromatic heterocycles. The van der Waals surface area contributed by atoms with Gasteiger partial charge in [0.2, 0.25) is 11.8 Å². The molecule has 2 rings (SSSR count). The Labute approximate surface area is 177 Å². The van der Waals surface area contributed by atoms with Crippen LogP contribution in [-0.2, 0) is 9.59 Å². The largest absolute Gasteiger partial charge is 0.507 e. The van der Waals surface area contributed by atoms with E-state index in [9.17, 15) is 14.7 Å². The second-order valence-corrected chi connectivity index (χ2v) is 7.08. The van der Waals surface area contributed by atoms with Crippen LogP contribution < -0.4 is 15.6 Å². The van der Waals surface area contributed by atoms with Crippen LogP contribution >= 0.6 is 0 Å². The van der Waals surface area contributed by atoms with E-state index in [2.05, 4.69) is 20.7 Å². The van der Waals surface area contributed by atoms with Crippen molar-refractivity contribution in [2.45, 2.75) is 40.5 Å². The summed E-state index contributed by atoms with van der Waals surface area (Å²) in [4.78, 5) is 26.2. The quantitative estimate of drug-likeness (QED) is 0.434. The summed E-state index contributed by atoms with van der Waals surface area (Å²) in [5, 5.41) is 16.9. The number of aromatic hydroxyl groups is 1. The van der Waals surface area contributed by atoms with Crippen molar-refractivity contribution in [3.63, 3.8) is 0 Å². The van der Waals surface area contributed by atoms with Crippen LogP contribution in [0.3, 0.4) is 0 Å². The van der Waals surface area contributed by atoms with Crippen LogP contribution in [0, 0.1) is 13.8 Å². The molecule has 0 spiro atoms. The van der Waals surface area contributed by atoms with Gasteiger partial charge < -0.3 is 15.3 Å².